The molecule has 1 aliphatic heterocycles. The van der Waals surface area contributed by atoms with Gasteiger partial charge in [0.25, 0.3) is 0 Å². The zero-order valence-electron chi connectivity index (χ0n) is 14.0. The van der Waals surface area contributed by atoms with Crippen molar-refractivity contribution in [1.29, 1.82) is 0 Å². The number of anilines is 2. The molecule has 0 atom stereocenters. The standard InChI is InChI=1S/C18H28N2OS/c1-18(2,3)22-14-17(21)19-15-10-6-7-11-16(15)20-12-8-4-5-9-13-20/h6-7,10-11H,4-5,8-9,12-14H2,1-3H3,(H,19,21). The highest BCUT2D eigenvalue weighted by Crippen LogP contribution is 2.29. The van der Waals surface area contributed by atoms with Gasteiger partial charge in [0, 0.05) is 17.8 Å². The molecule has 1 heterocycles. The van der Waals surface area contributed by atoms with Gasteiger partial charge in [0.1, 0.15) is 0 Å². The molecule has 0 unspecified atom stereocenters. The third-order valence-electron chi connectivity index (χ3n) is 3.76. The van der Waals surface area contributed by atoms with Crippen molar-refractivity contribution in [2.75, 3.05) is 29.1 Å². The molecule has 1 N–H and O–H groups in total. The van der Waals surface area contributed by atoms with Crippen molar-refractivity contribution in [1.82, 2.24) is 0 Å². The molecule has 0 aromatic heterocycles. The van der Waals surface area contributed by atoms with Crippen LogP contribution in [0, 0.1) is 0 Å². The van der Waals surface area contributed by atoms with E-state index in [0.717, 1.165) is 18.8 Å². The number of rotatable bonds is 4. The number of nitrogens with zero attached hydrogens (tertiary/aromatic N) is 1. The van der Waals surface area contributed by atoms with E-state index in [1.807, 2.05) is 12.1 Å². The summed E-state index contributed by atoms with van der Waals surface area (Å²) in [6.45, 7) is 8.58. The zero-order chi connectivity index (χ0) is 16.0. The lowest BCUT2D eigenvalue weighted by Gasteiger charge is -2.25. The summed E-state index contributed by atoms with van der Waals surface area (Å²) in [5, 5.41) is 3.10. The Bertz CT molecular complexity index is 488. The number of hydrogen-bond donors (Lipinski definition) is 1. The van der Waals surface area contributed by atoms with Gasteiger partial charge in [0.05, 0.1) is 17.1 Å². The number of carbonyl (C=O) groups is 1. The van der Waals surface area contributed by atoms with Crippen molar-refractivity contribution < 1.29 is 4.79 Å². The second-order valence-corrected chi connectivity index (χ2v) is 8.67. The molecule has 0 saturated carbocycles. The highest BCUT2D eigenvalue weighted by Gasteiger charge is 2.16. The average molecular weight is 321 g/mol. The van der Waals surface area contributed by atoms with Gasteiger partial charge in [0.15, 0.2) is 0 Å². The van der Waals surface area contributed by atoms with Crippen LogP contribution in [-0.2, 0) is 4.79 Å². The Morgan fingerprint density at radius 1 is 1.14 bits per heavy atom. The van der Waals surface area contributed by atoms with Crippen LogP contribution in [-0.4, -0.2) is 29.5 Å². The van der Waals surface area contributed by atoms with E-state index >= 15 is 0 Å². The quantitative estimate of drug-likeness (QED) is 0.884. The Labute approximate surface area is 138 Å². The molecule has 1 fully saturated rings. The van der Waals surface area contributed by atoms with Gasteiger partial charge in [0.2, 0.25) is 5.91 Å². The van der Waals surface area contributed by atoms with Gasteiger partial charge in [-0.2, -0.15) is 0 Å². The van der Waals surface area contributed by atoms with Gasteiger partial charge in [-0.1, -0.05) is 45.7 Å². The Balaban J connectivity index is 2.03. The Hall–Kier alpha value is -1.16. The van der Waals surface area contributed by atoms with E-state index in [0.29, 0.717) is 5.75 Å². The fourth-order valence-electron chi connectivity index (χ4n) is 2.64. The summed E-state index contributed by atoms with van der Waals surface area (Å²) in [5.74, 6) is 0.583. The molecule has 122 valence electrons. The predicted molar refractivity (Wildman–Crippen MR) is 98.0 cm³/mol. The van der Waals surface area contributed by atoms with Gasteiger partial charge in [-0.15, -0.1) is 11.8 Å². The molecule has 1 aromatic rings. The summed E-state index contributed by atoms with van der Waals surface area (Å²) in [5.41, 5.74) is 2.11. The van der Waals surface area contributed by atoms with Gasteiger partial charge < -0.3 is 10.2 Å². The number of hydrogen-bond acceptors (Lipinski definition) is 3. The predicted octanol–water partition coefficient (Wildman–Crippen LogP) is 4.54. The van der Waals surface area contributed by atoms with Crippen LogP contribution in [0.4, 0.5) is 11.4 Å². The van der Waals surface area contributed by atoms with Crippen LogP contribution < -0.4 is 10.2 Å². The lowest BCUT2D eigenvalue weighted by molar-refractivity contribution is -0.113. The maximum Gasteiger partial charge on any atom is 0.234 e. The minimum Gasteiger partial charge on any atom is -0.370 e. The minimum atomic E-state index is 0.0854. The molecule has 1 aromatic carbocycles. The Kier molecular flexibility index (Phi) is 6.18. The molecule has 1 saturated heterocycles. The van der Waals surface area contributed by atoms with E-state index in [1.54, 1.807) is 11.8 Å². The van der Waals surface area contributed by atoms with Gasteiger partial charge >= 0.3 is 0 Å². The summed E-state index contributed by atoms with van der Waals surface area (Å²) in [6.07, 6.45) is 5.10. The molecule has 22 heavy (non-hydrogen) atoms. The SMILES string of the molecule is CC(C)(C)SCC(=O)Nc1ccccc1N1CCCCCC1. The molecule has 1 aliphatic rings. The van der Waals surface area contributed by atoms with E-state index in [9.17, 15) is 4.79 Å². The first-order chi connectivity index (χ1) is 10.5. The molecular weight excluding hydrogens is 292 g/mol. The molecule has 2 rings (SSSR count). The second kappa shape index (κ2) is 7.91. The highest BCUT2D eigenvalue weighted by atomic mass is 32.2. The third kappa shape index (κ3) is 5.56. The number of para-hydroxylation sites is 2. The molecule has 4 heteroatoms. The Morgan fingerprint density at radius 3 is 2.41 bits per heavy atom. The molecule has 3 nitrogen and oxygen atoms in total. The normalized spacial score (nSPS) is 16.2. The topological polar surface area (TPSA) is 32.3 Å². The van der Waals surface area contributed by atoms with E-state index in [4.69, 9.17) is 0 Å². The van der Waals surface area contributed by atoms with Crippen LogP contribution in [0.1, 0.15) is 46.5 Å². The third-order valence-corrected chi connectivity index (χ3v) is 5.03. The van der Waals surface area contributed by atoms with Gasteiger partial charge in [-0.25, -0.2) is 0 Å². The first-order valence-corrected chi connectivity index (χ1v) is 9.22. The van der Waals surface area contributed by atoms with Crippen LogP contribution >= 0.6 is 11.8 Å². The van der Waals surface area contributed by atoms with Crippen LogP contribution in [0.2, 0.25) is 0 Å². The van der Waals surface area contributed by atoms with Crippen LogP contribution in [0.25, 0.3) is 0 Å². The van der Waals surface area contributed by atoms with E-state index < -0.39 is 0 Å². The summed E-state index contributed by atoms with van der Waals surface area (Å²) >= 11 is 1.68. The van der Waals surface area contributed by atoms with Crippen molar-refractivity contribution in [3.63, 3.8) is 0 Å². The number of benzene rings is 1. The first kappa shape index (κ1) is 17.2. The van der Waals surface area contributed by atoms with Crippen molar-refractivity contribution >= 4 is 29.0 Å². The maximum absolute atomic E-state index is 12.2. The number of carbonyl (C=O) groups excluding carboxylic acids is 1. The highest BCUT2D eigenvalue weighted by molar-refractivity contribution is 8.01. The summed E-state index contributed by atoms with van der Waals surface area (Å²) in [4.78, 5) is 14.6. The van der Waals surface area contributed by atoms with E-state index in [-0.39, 0.29) is 10.7 Å². The molecule has 0 aliphatic carbocycles. The lowest BCUT2D eigenvalue weighted by atomic mass is 10.2. The van der Waals surface area contributed by atoms with Crippen LogP contribution in [0.5, 0.6) is 0 Å². The molecule has 0 bridgehead atoms. The smallest absolute Gasteiger partial charge is 0.234 e. The minimum absolute atomic E-state index is 0.0854. The molecule has 0 radical (unpaired) electrons. The van der Waals surface area contributed by atoms with Crippen LogP contribution in [0.3, 0.4) is 0 Å². The first-order valence-electron chi connectivity index (χ1n) is 8.23. The lowest BCUT2D eigenvalue weighted by Crippen LogP contribution is -2.26. The fourth-order valence-corrected chi connectivity index (χ4v) is 3.27. The average Bonchev–Trinajstić information content (AvgIpc) is 2.74. The number of thioether (sulfide) groups is 1. The maximum atomic E-state index is 12.2. The fraction of sp³-hybridized carbons (Fsp3) is 0.611. The number of nitrogens with one attached hydrogen (secondary N) is 1. The summed E-state index contributed by atoms with van der Waals surface area (Å²) < 4.78 is 0.113. The van der Waals surface area contributed by atoms with Crippen molar-refractivity contribution in [2.24, 2.45) is 0 Å². The summed E-state index contributed by atoms with van der Waals surface area (Å²) in [6, 6.07) is 8.19. The molecule has 0 spiro atoms. The summed E-state index contributed by atoms with van der Waals surface area (Å²) in [7, 11) is 0. The van der Waals surface area contributed by atoms with Gasteiger partial charge in [-0.05, 0) is 25.0 Å². The van der Waals surface area contributed by atoms with E-state index in [2.05, 4.69) is 43.1 Å². The Morgan fingerprint density at radius 2 is 1.77 bits per heavy atom. The van der Waals surface area contributed by atoms with Crippen molar-refractivity contribution in [2.45, 2.75) is 51.2 Å². The van der Waals surface area contributed by atoms with Crippen LogP contribution in [0.15, 0.2) is 24.3 Å². The van der Waals surface area contributed by atoms with Crippen molar-refractivity contribution in [3.05, 3.63) is 24.3 Å². The second-order valence-electron chi connectivity index (χ2n) is 6.87. The largest absolute Gasteiger partial charge is 0.370 e. The number of amides is 1. The monoisotopic (exact) mass is 320 g/mol. The van der Waals surface area contributed by atoms with Gasteiger partial charge in [-0.3, -0.25) is 4.79 Å². The van der Waals surface area contributed by atoms with E-state index in [1.165, 1.54) is 31.4 Å². The van der Waals surface area contributed by atoms with Crippen molar-refractivity contribution in [3.8, 4) is 0 Å². The zero-order valence-corrected chi connectivity index (χ0v) is 14.8. The molecule has 1 amide bonds. The molecular formula is C18H28N2OS.